The van der Waals surface area contributed by atoms with Gasteiger partial charge >= 0.3 is 12.1 Å². The van der Waals surface area contributed by atoms with Crippen LogP contribution in [0.2, 0.25) is 5.02 Å². The molecule has 0 saturated heterocycles. The fraction of sp³-hybridized carbons (Fsp3) is 0.615. The number of nitrogens with zero attached hydrogens (tertiary/aromatic N) is 1. The normalized spacial score (nSPS) is 19.5. The first kappa shape index (κ1) is 27.8. The molecule has 8 heteroatoms. The summed E-state index contributed by atoms with van der Waals surface area (Å²) in [5.41, 5.74) is -1.25. The van der Waals surface area contributed by atoms with E-state index in [2.05, 4.69) is 0 Å². The molecule has 34 heavy (non-hydrogen) atoms. The van der Waals surface area contributed by atoms with Gasteiger partial charge in [0.25, 0.3) is 0 Å². The second-order valence-corrected chi connectivity index (χ2v) is 10.7. The maximum atomic E-state index is 13.1. The van der Waals surface area contributed by atoms with E-state index in [1.54, 1.807) is 45.0 Å². The number of hydrogen-bond acceptors (Lipinski definition) is 6. The molecule has 188 valence electrons. The van der Waals surface area contributed by atoms with Crippen LogP contribution in [0.4, 0.5) is 4.79 Å². The van der Waals surface area contributed by atoms with Gasteiger partial charge in [-0.25, -0.2) is 4.79 Å². The Labute approximate surface area is 207 Å². The van der Waals surface area contributed by atoms with Crippen LogP contribution in [-0.4, -0.2) is 42.4 Å². The van der Waals surface area contributed by atoms with Crippen molar-refractivity contribution in [2.75, 3.05) is 13.8 Å². The Kier molecular flexibility index (Phi) is 9.29. The lowest BCUT2D eigenvalue weighted by Gasteiger charge is -2.43. The van der Waals surface area contributed by atoms with Crippen molar-refractivity contribution in [1.82, 2.24) is 4.90 Å². The summed E-state index contributed by atoms with van der Waals surface area (Å²) in [5, 5.41) is 0.395. The number of carbonyl (C=O) groups is 4. The Morgan fingerprint density at radius 2 is 1.76 bits per heavy atom. The molecule has 1 fully saturated rings. The van der Waals surface area contributed by atoms with Gasteiger partial charge in [0, 0.05) is 35.9 Å². The molecule has 0 bridgehead atoms. The van der Waals surface area contributed by atoms with E-state index in [0.717, 1.165) is 12.8 Å². The zero-order valence-electron chi connectivity index (χ0n) is 21.0. The fourth-order valence-electron chi connectivity index (χ4n) is 4.22. The van der Waals surface area contributed by atoms with E-state index in [-0.39, 0.29) is 23.9 Å². The minimum Gasteiger partial charge on any atom is -0.428 e. The molecule has 0 unspecified atom stereocenters. The molecular weight excluding hydrogens is 458 g/mol. The summed E-state index contributed by atoms with van der Waals surface area (Å²) in [6.07, 6.45) is 1.50. The second-order valence-electron chi connectivity index (χ2n) is 10.2. The van der Waals surface area contributed by atoms with E-state index < -0.39 is 35.7 Å². The third-order valence-electron chi connectivity index (χ3n) is 6.55. The summed E-state index contributed by atoms with van der Waals surface area (Å²) >= 11 is 6.42. The molecule has 0 aromatic heterocycles. The first-order chi connectivity index (χ1) is 15.8. The van der Waals surface area contributed by atoms with Crippen LogP contribution in [0, 0.1) is 17.3 Å². The van der Waals surface area contributed by atoms with Crippen molar-refractivity contribution < 1.29 is 28.7 Å². The predicted molar refractivity (Wildman–Crippen MR) is 129 cm³/mol. The number of esters is 1. The standard InChI is InChI=1S/C26H36ClNO6/c1-17(2)18(15-22(30)25(3,4)5)23(31)33-16-34-24(32)28(6)26(14-10-9-13-21(26)29)19-11-7-8-12-20(19)27/h7-8,11-12,17-18H,9-10,13-16H2,1-6H3/t18-,26-/m0/s1. The summed E-state index contributed by atoms with van der Waals surface area (Å²) in [7, 11) is 1.50. The number of likely N-dealkylation sites (N-methyl/N-ethyl adjacent to an activating group) is 1. The summed E-state index contributed by atoms with van der Waals surface area (Å²) in [5.74, 6) is -1.52. The molecule has 7 nitrogen and oxygen atoms in total. The molecule has 0 N–H and O–H groups in total. The molecule has 2 atom stereocenters. The average molecular weight is 494 g/mol. The van der Waals surface area contributed by atoms with Crippen LogP contribution < -0.4 is 0 Å². The minimum absolute atomic E-state index is 0.0441. The Hall–Kier alpha value is -2.41. The number of benzene rings is 1. The van der Waals surface area contributed by atoms with Crippen molar-refractivity contribution in [3.8, 4) is 0 Å². The maximum absolute atomic E-state index is 13.1. The van der Waals surface area contributed by atoms with Crippen LogP contribution in [0.25, 0.3) is 0 Å². The van der Waals surface area contributed by atoms with Crippen LogP contribution >= 0.6 is 11.6 Å². The van der Waals surface area contributed by atoms with Gasteiger partial charge in [-0.2, -0.15) is 0 Å². The first-order valence-corrected chi connectivity index (χ1v) is 12.1. The van der Waals surface area contributed by atoms with Crippen LogP contribution in [-0.2, 0) is 29.4 Å². The Balaban J connectivity index is 2.10. The molecule has 1 amide bonds. The van der Waals surface area contributed by atoms with Crippen molar-refractivity contribution in [2.24, 2.45) is 17.3 Å². The van der Waals surface area contributed by atoms with E-state index in [0.29, 0.717) is 23.4 Å². The Morgan fingerprint density at radius 1 is 1.12 bits per heavy atom. The highest BCUT2D eigenvalue weighted by atomic mass is 35.5. The average Bonchev–Trinajstić information content (AvgIpc) is 2.76. The number of ether oxygens (including phenoxy) is 2. The number of amides is 1. The second kappa shape index (κ2) is 11.3. The van der Waals surface area contributed by atoms with Crippen molar-refractivity contribution in [3.63, 3.8) is 0 Å². The highest BCUT2D eigenvalue weighted by molar-refractivity contribution is 6.31. The van der Waals surface area contributed by atoms with Gasteiger partial charge in [0.05, 0.1) is 5.92 Å². The lowest BCUT2D eigenvalue weighted by atomic mass is 9.74. The molecule has 1 aliphatic rings. The molecule has 1 aromatic carbocycles. The summed E-state index contributed by atoms with van der Waals surface area (Å²) in [6, 6.07) is 6.97. The number of carbonyl (C=O) groups excluding carboxylic acids is 4. The highest BCUT2D eigenvalue weighted by Gasteiger charge is 2.48. The monoisotopic (exact) mass is 493 g/mol. The molecule has 1 aliphatic carbocycles. The molecule has 0 heterocycles. The topological polar surface area (TPSA) is 90.0 Å². The van der Waals surface area contributed by atoms with E-state index in [4.69, 9.17) is 21.1 Å². The SMILES string of the molecule is CC(C)[C@H](CC(=O)C(C)(C)C)C(=O)OCOC(=O)N(C)[C@]1(c2ccccc2Cl)CCCCC1=O. The molecule has 0 aliphatic heterocycles. The van der Waals surface area contributed by atoms with Crippen LogP contribution in [0.5, 0.6) is 0 Å². The molecule has 0 spiro atoms. The number of hydrogen-bond donors (Lipinski definition) is 0. The molecule has 2 rings (SSSR count). The van der Waals surface area contributed by atoms with Crippen molar-refractivity contribution in [2.45, 2.75) is 72.3 Å². The highest BCUT2D eigenvalue weighted by Crippen LogP contribution is 2.42. The molecule has 1 saturated carbocycles. The van der Waals surface area contributed by atoms with Gasteiger partial charge in [-0.1, -0.05) is 64.4 Å². The van der Waals surface area contributed by atoms with Gasteiger partial charge in [0.1, 0.15) is 11.3 Å². The third kappa shape index (κ3) is 6.17. The lowest BCUT2D eigenvalue weighted by Crippen LogP contribution is -2.54. The Bertz CT molecular complexity index is 922. The van der Waals surface area contributed by atoms with E-state index >= 15 is 0 Å². The zero-order valence-corrected chi connectivity index (χ0v) is 21.7. The van der Waals surface area contributed by atoms with Gasteiger partial charge in [-0.05, 0) is 31.2 Å². The van der Waals surface area contributed by atoms with E-state index in [1.165, 1.54) is 11.9 Å². The fourth-order valence-corrected chi connectivity index (χ4v) is 4.52. The molecular formula is C26H36ClNO6. The van der Waals surface area contributed by atoms with Crippen molar-refractivity contribution in [3.05, 3.63) is 34.9 Å². The molecule has 1 aromatic rings. The number of Topliss-reactive ketones (excluding diaryl/α,β-unsaturated/α-hetero) is 2. The summed E-state index contributed by atoms with van der Waals surface area (Å²) in [6.45, 7) is 8.47. The smallest absolute Gasteiger partial charge is 0.413 e. The number of rotatable bonds is 8. The van der Waals surface area contributed by atoms with Gasteiger partial charge in [0.15, 0.2) is 5.78 Å². The van der Waals surface area contributed by atoms with Crippen LogP contribution in [0.3, 0.4) is 0 Å². The first-order valence-electron chi connectivity index (χ1n) is 11.7. The van der Waals surface area contributed by atoms with Gasteiger partial charge < -0.3 is 9.47 Å². The van der Waals surface area contributed by atoms with Gasteiger partial charge in [-0.15, -0.1) is 0 Å². The largest absolute Gasteiger partial charge is 0.428 e. The van der Waals surface area contributed by atoms with E-state index in [1.807, 2.05) is 13.8 Å². The molecule has 0 radical (unpaired) electrons. The van der Waals surface area contributed by atoms with Crippen LogP contribution in [0.15, 0.2) is 24.3 Å². The maximum Gasteiger partial charge on any atom is 0.413 e. The van der Waals surface area contributed by atoms with Crippen molar-refractivity contribution in [1.29, 1.82) is 0 Å². The number of ketones is 2. The quantitative estimate of drug-likeness (QED) is 0.349. The number of halogens is 1. The van der Waals surface area contributed by atoms with Crippen LogP contribution in [0.1, 0.15) is 72.3 Å². The predicted octanol–water partition coefficient (Wildman–Crippen LogP) is 5.53. The lowest BCUT2D eigenvalue weighted by molar-refractivity contribution is -0.161. The summed E-state index contributed by atoms with van der Waals surface area (Å²) in [4.78, 5) is 52.4. The Morgan fingerprint density at radius 3 is 2.32 bits per heavy atom. The van der Waals surface area contributed by atoms with Crippen molar-refractivity contribution >= 4 is 35.2 Å². The summed E-state index contributed by atoms with van der Waals surface area (Å²) < 4.78 is 10.4. The zero-order chi connectivity index (χ0) is 25.7. The third-order valence-corrected chi connectivity index (χ3v) is 6.88. The van der Waals surface area contributed by atoms with Gasteiger partial charge in [-0.3, -0.25) is 19.3 Å². The van der Waals surface area contributed by atoms with E-state index in [9.17, 15) is 19.2 Å². The van der Waals surface area contributed by atoms with Gasteiger partial charge in [0.2, 0.25) is 6.79 Å². The minimum atomic E-state index is -1.24.